The van der Waals surface area contributed by atoms with Gasteiger partial charge >= 0.3 is 5.97 Å². The first kappa shape index (κ1) is 13.9. The minimum absolute atomic E-state index is 0.00187. The van der Waals surface area contributed by atoms with E-state index in [0.717, 1.165) is 0 Å². The van der Waals surface area contributed by atoms with Gasteiger partial charge in [-0.05, 0) is 0 Å². The highest BCUT2D eigenvalue weighted by Crippen LogP contribution is 2.15. The van der Waals surface area contributed by atoms with Gasteiger partial charge in [-0.3, -0.25) is 14.5 Å². The van der Waals surface area contributed by atoms with E-state index in [1.54, 1.807) is 4.90 Å². The minimum Gasteiger partial charge on any atom is -0.481 e. The fourth-order valence-corrected chi connectivity index (χ4v) is 3.45. The van der Waals surface area contributed by atoms with Gasteiger partial charge in [-0.1, -0.05) is 0 Å². The molecule has 3 N–H and O–H groups in total. The highest BCUT2D eigenvalue weighted by atomic mass is 32.2. The fraction of sp³-hybridized carbons (Fsp3) is 0.778. The van der Waals surface area contributed by atoms with Crippen molar-refractivity contribution < 1.29 is 23.1 Å². The van der Waals surface area contributed by atoms with E-state index >= 15 is 0 Å². The maximum absolute atomic E-state index is 11.4. The first-order valence-electron chi connectivity index (χ1n) is 5.25. The van der Waals surface area contributed by atoms with Crippen LogP contribution >= 0.6 is 0 Å². The van der Waals surface area contributed by atoms with Gasteiger partial charge < -0.3 is 10.8 Å². The number of primary amides is 1. The Morgan fingerprint density at radius 1 is 1.41 bits per heavy atom. The van der Waals surface area contributed by atoms with Crippen molar-refractivity contribution in [2.75, 3.05) is 24.6 Å². The summed E-state index contributed by atoms with van der Waals surface area (Å²) in [7, 11) is -3.17. The van der Waals surface area contributed by atoms with Crippen LogP contribution in [0.25, 0.3) is 0 Å². The number of carboxylic acid groups (broad SMARTS) is 1. The molecule has 8 heteroatoms. The second-order valence-corrected chi connectivity index (χ2v) is 6.35. The normalized spacial score (nSPS) is 24.4. The Morgan fingerprint density at radius 2 is 2.06 bits per heavy atom. The molecule has 1 heterocycles. The van der Waals surface area contributed by atoms with Crippen LogP contribution in [-0.4, -0.2) is 60.9 Å². The molecule has 1 fully saturated rings. The summed E-state index contributed by atoms with van der Waals surface area (Å²) in [5.74, 6) is -1.69. The molecule has 1 amide bonds. The number of hydrogen-bond donors (Lipinski definition) is 2. The molecule has 1 atom stereocenters. The Kier molecular flexibility index (Phi) is 4.47. The molecule has 0 spiro atoms. The number of sulfone groups is 1. The predicted octanol–water partition coefficient (Wildman–Crippen LogP) is -1.56. The van der Waals surface area contributed by atoms with E-state index < -0.39 is 27.8 Å². The Labute approximate surface area is 99.5 Å². The largest absolute Gasteiger partial charge is 0.481 e. The van der Waals surface area contributed by atoms with Crippen molar-refractivity contribution in [3.63, 3.8) is 0 Å². The number of amides is 1. The third-order valence-electron chi connectivity index (χ3n) is 2.71. The van der Waals surface area contributed by atoms with Gasteiger partial charge in [0.1, 0.15) is 0 Å². The summed E-state index contributed by atoms with van der Waals surface area (Å²) in [6, 6.07) is -0.564. The molecule has 0 aromatic rings. The lowest BCUT2D eigenvalue weighted by atomic mass is 10.2. The first-order valence-corrected chi connectivity index (χ1v) is 7.07. The lowest BCUT2D eigenvalue weighted by Gasteiger charge is -2.34. The summed E-state index contributed by atoms with van der Waals surface area (Å²) in [5.41, 5.74) is 5.01. The SMILES string of the molecule is NC(=O)CCN1CCS(=O)(=O)CC1CC(=O)O. The number of carbonyl (C=O) groups excluding carboxylic acids is 1. The third-order valence-corrected chi connectivity index (χ3v) is 4.41. The van der Waals surface area contributed by atoms with E-state index in [1.807, 2.05) is 0 Å². The number of carboxylic acids is 1. The molecule has 0 aromatic carbocycles. The van der Waals surface area contributed by atoms with Gasteiger partial charge in [-0.15, -0.1) is 0 Å². The molecule has 7 nitrogen and oxygen atoms in total. The summed E-state index contributed by atoms with van der Waals surface area (Å²) in [6.45, 7) is 0.566. The van der Waals surface area contributed by atoms with Gasteiger partial charge in [0, 0.05) is 25.6 Å². The van der Waals surface area contributed by atoms with E-state index in [0.29, 0.717) is 6.54 Å². The highest BCUT2D eigenvalue weighted by molar-refractivity contribution is 7.91. The fourth-order valence-electron chi connectivity index (χ4n) is 1.86. The molecule has 1 unspecified atom stereocenters. The number of nitrogens with zero attached hydrogens (tertiary/aromatic N) is 1. The Hall–Kier alpha value is -1.15. The number of hydrogen-bond acceptors (Lipinski definition) is 5. The zero-order valence-corrected chi connectivity index (χ0v) is 10.1. The maximum Gasteiger partial charge on any atom is 0.304 e. The van der Waals surface area contributed by atoms with E-state index in [2.05, 4.69) is 0 Å². The smallest absolute Gasteiger partial charge is 0.304 e. The van der Waals surface area contributed by atoms with Gasteiger partial charge in [0.25, 0.3) is 0 Å². The molecule has 0 radical (unpaired) electrons. The number of rotatable bonds is 5. The number of carbonyl (C=O) groups is 2. The average Bonchev–Trinajstić information content (AvgIpc) is 2.14. The van der Waals surface area contributed by atoms with Gasteiger partial charge in [-0.25, -0.2) is 8.42 Å². The number of aliphatic carboxylic acids is 1. The van der Waals surface area contributed by atoms with E-state index in [4.69, 9.17) is 10.8 Å². The van der Waals surface area contributed by atoms with Crippen LogP contribution in [0.2, 0.25) is 0 Å². The van der Waals surface area contributed by atoms with Crippen LogP contribution in [0.5, 0.6) is 0 Å². The van der Waals surface area contributed by atoms with Crippen LogP contribution in [0.1, 0.15) is 12.8 Å². The topological polar surface area (TPSA) is 118 Å². The van der Waals surface area contributed by atoms with Crippen molar-refractivity contribution in [2.45, 2.75) is 18.9 Å². The van der Waals surface area contributed by atoms with E-state index in [9.17, 15) is 18.0 Å². The summed E-state index contributed by atoms with van der Waals surface area (Å²) in [4.78, 5) is 23.0. The average molecular weight is 264 g/mol. The quantitative estimate of drug-likeness (QED) is 0.619. The van der Waals surface area contributed by atoms with Crippen LogP contribution in [0.4, 0.5) is 0 Å². The molecule has 1 saturated heterocycles. The van der Waals surface area contributed by atoms with Gasteiger partial charge in [0.05, 0.1) is 17.9 Å². The van der Waals surface area contributed by atoms with E-state index in [1.165, 1.54) is 0 Å². The first-order chi connectivity index (χ1) is 7.80. The molecule has 0 aromatic heterocycles. The van der Waals surface area contributed by atoms with Gasteiger partial charge in [0.2, 0.25) is 5.91 Å². The Balaban J connectivity index is 2.66. The molecule has 17 heavy (non-hydrogen) atoms. The zero-order valence-electron chi connectivity index (χ0n) is 9.33. The van der Waals surface area contributed by atoms with Crippen molar-refractivity contribution in [1.29, 1.82) is 0 Å². The monoisotopic (exact) mass is 264 g/mol. The molecule has 1 aliphatic rings. The summed E-state index contributed by atoms with van der Waals surface area (Å²) >= 11 is 0. The zero-order chi connectivity index (χ0) is 13.1. The molecule has 0 saturated carbocycles. The van der Waals surface area contributed by atoms with Crippen molar-refractivity contribution in [2.24, 2.45) is 5.73 Å². The summed E-state index contributed by atoms with van der Waals surface area (Å²) < 4.78 is 22.8. The molecule has 98 valence electrons. The van der Waals surface area contributed by atoms with Crippen molar-refractivity contribution in [3.05, 3.63) is 0 Å². The van der Waals surface area contributed by atoms with Crippen LogP contribution in [-0.2, 0) is 19.4 Å². The second-order valence-electron chi connectivity index (χ2n) is 4.12. The third kappa shape index (κ3) is 4.70. The Morgan fingerprint density at radius 3 is 2.59 bits per heavy atom. The summed E-state index contributed by atoms with van der Waals surface area (Å²) in [5, 5.41) is 8.72. The standard InChI is InChI=1S/C9H16N2O5S/c10-8(12)1-2-11-3-4-17(15,16)6-7(11)5-9(13)14/h7H,1-6H2,(H2,10,12)(H,13,14). The summed E-state index contributed by atoms with van der Waals surface area (Å²) in [6.07, 6.45) is -0.131. The molecule has 0 bridgehead atoms. The highest BCUT2D eigenvalue weighted by Gasteiger charge is 2.32. The molecule has 0 aliphatic carbocycles. The Bertz CT molecular complexity index is 406. The van der Waals surface area contributed by atoms with Crippen LogP contribution in [0, 0.1) is 0 Å². The lowest BCUT2D eigenvalue weighted by Crippen LogP contribution is -2.50. The molecule has 1 aliphatic heterocycles. The minimum atomic E-state index is -3.17. The van der Waals surface area contributed by atoms with Crippen molar-refractivity contribution in [1.82, 2.24) is 4.90 Å². The maximum atomic E-state index is 11.4. The van der Waals surface area contributed by atoms with Gasteiger partial charge in [-0.2, -0.15) is 0 Å². The second kappa shape index (κ2) is 5.46. The van der Waals surface area contributed by atoms with Crippen molar-refractivity contribution in [3.8, 4) is 0 Å². The van der Waals surface area contributed by atoms with E-state index in [-0.39, 0.29) is 30.9 Å². The van der Waals surface area contributed by atoms with Crippen LogP contribution < -0.4 is 5.73 Å². The molecular formula is C9H16N2O5S. The molecule has 1 rings (SSSR count). The number of nitrogens with two attached hydrogens (primary N) is 1. The van der Waals surface area contributed by atoms with Crippen molar-refractivity contribution >= 4 is 21.7 Å². The van der Waals surface area contributed by atoms with Crippen LogP contribution in [0.3, 0.4) is 0 Å². The predicted molar refractivity (Wildman–Crippen MR) is 60.1 cm³/mol. The molecular weight excluding hydrogens is 248 g/mol. The van der Waals surface area contributed by atoms with Gasteiger partial charge in [0.15, 0.2) is 9.84 Å². The van der Waals surface area contributed by atoms with Crippen LogP contribution in [0.15, 0.2) is 0 Å². The lowest BCUT2D eigenvalue weighted by molar-refractivity contribution is -0.138.